The Labute approximate surface area is 170 Å². The number of carbonyl (C=O) groups excluding carboxylic acids is 1. The molecule has 0 aromatic heterocycles. The first-order valence-electron chi connectivity index (χ1n) is 8.99. The zero-order chi connectivity index (χ0) is 17.9. The van der Waals surface area contributed by atoms with E-state index in [0.29, 0.717) is 0 Å². The number of amides is 1. The van der Waals surface area contributed by atoms with Crippen LogP contribution in [-0.2, 0) is 9.53 Å². The maximum atomic E-state index is 12.1. The van der Waals surface area contributed by atoms with Gasteiger partial charge >= 0.3 is 0 Å². The van der Waals surface area contributed by atoms with E-state index in [0.717, 1.165) is 58.3 Å². The SMILES string of the molecule is CCNC(=NCCN(C)CCOC)NC1CCN(C(=O)C(C)C)C1.I. The van der Waals surface area contributed by atoms with Crippen LogP contribution in [0.2, 0.25) is 0 Å². The lowest BCUT2D eigenvalue weighted by molar-refractivity contribution is -0.133. The number of ether oxygens (including phenoxy) is 1. The van der Waals surface area contributed by atoms with Gasteiger partial charge in [0, 0.05) is 51.8 Å². The lowest BCUT2D eigenvalue weighted by Crippen LogP contribution is -2.45. The molecule has 148 valence electrons. The number of likely N-dealkylation sites (tertiary alicyclic amines) is 1. The highest BCUT2D eigenvalue weighted by molar-refractivity contribution is 14.0. The predicted molar refractivity (Wildman–Crippen MR) is 114 cm³/mol. The second-order valence-corrected chi connectivity index (χ2v) is 6.63. The normalized spacial score (nSPS) is 17.8. The van der Waals surface area contributed by atoms with E-state index in [1.54, 1.807) is 7.11 Å². The molecule has 1 unspecified atom stereocenters. The summed E-state index contributed by atoms with van der Waals surface area (Å²) in [5.41, 5.74) is 0. The van der Waals surface area contributed by atoms with Crippen molar-refractivity contribution in [2.75, 3.05) is 60.0 Å². The van der Waals surface area contributed by atoms with Crippen LogP contribution in [0.5, 0.6) is 0 Å². The summed E-state index contributed by atoms with van der Waals surface area (Å²) in [7, 11) is 3.79. The molecule has 7 nitrogen and oxygen atoms in total. The van der Waals surface area contributed by atoms with Gasteiger partial charge in [-0.05, 0) is 20.4 Å². The van der Waals surface area contributed by atoms with Gasteiger partial charge in [0.15, 0.2) is 5.96 Å². The number of rotatable bonds is 9. The molecular formula is C17H36IN5O2. The topological polar surface area (TPSA) is 69.2 Å². The lowest BCUT2D eigenvalue weighted by atomic mass is 10.2. The molecular weight excluding hydrogens is 433 g/mol. The van der Waals surface area contributed by atoms with Gasteiger partial charge in [-0.1, -0.05) is 13.8 Å². The maximum absolute atomic E-state index is 12.1. The van der Waals surface area contributed by atoms with Crippen LogP contribution in [0, 0.1) is 5.92 Å². The lowest BCUT2D eigenvalue weighted by Gasteiger charge is -2.20. The van der Waals surface area contributed by atoms with Crippen LogP contribution < -0.4 is 10.6 Å². The summed E-state index contributed by atoms with van der Waals surface area (Å²) in [6.45, 7) is 11.6. The molecule has 1 rings (SSSR count). The molecule has 0 radical (unpaired) electrons. The van der Waals surface area contributed by atoms with E-state index in [9.17, 15) is 4.79 Å². The summed E-state index contributed by atoms with van der Waals surface area (Å²) in [5, 5.41) is 6.74. The highest BCUT2D eigenvalue weighted by Gasteiger charge is 2.27. The Morgan fingerprint density at radius 1 is 1.40 bits per heavy atom. The minimum atomic E-state index is 0. The highest BCUT2D eigenvalue weighted by Crippen LogP contribution is 2.12. The van der Waals surface area contributed by atoms with Gasteiger partial charge in [-0.15, -0.1) is 24.0 Å². The summed E-state index contributed by atoms with van der Waals surface area (Å²) in [6, 6.07) is 0.275. The van der Waals surface area contributed by atoms with Crippen LogP contribution in [0.25, 0.3) is 0 Å². The second-order valence-electron chi connectivity index (χ2n) is 6.63. The van der Waals surface area contributed by atoms with Crippen molar-refractivity contribution >= 4 is 35.8 Å². The Kier molecular flexibility index (Phi) is 13.2. The first-order valence-corrected chi connectivity index (χ1v) is 8.99. The Morgan fingerprint density at radius 3 is 2.72 bits per heavy atom. The third kappa shape index (κ3) is 9.60. The zero-order valence-electron chi connectivity index (χ0n) is 16.4. The molecule has 0 bridgehead atoms. The first-order chi connectivity index (χ1) is 11.5. The fourth-order valence-corrected chi connectivity index (χ4v) is 2.65. The highest BCUT2D eigenvalue weighted by atomic mass is 127. The summed E-state index contributed by atoms with van der Waals surface area (Å²) < 4.78 is 5.08. The molecule has 1 amide bonds. The van der Waals surface area contributed by atoms with Gasteiger partial charge in [-0.2, -0.15) is 0 Å². The number of hydrogen-bond acceptors (Lipinski definition) is 4. The first kappa shape index (κ1) is 24.4. The molecule has 0 spiro atoms. The molecule has 1 atom stereocenters. The van der Waals surface area contributed by atoms with Crippen molar-refractivity contribution < 1.29 is 9.53 Å². The molecule has 25 heavy (non-hydrogen) atoms. The zero-order valence-corrected chi connectivity index (χ0v) is 18.7. The number of hydrogen-bond donors (Lipinski definition) is 2. The summed E-state index contributed by atoms with van der Waals surface area (Å²) in [6.07, 6.45) is 0.969. The monoisotopic (exact) mass is 469 g/mol. The van der Waals surface area contributed by atoms with E-state index in [-0.39, 0.29) is 41.8 Å². The molecule has 2 N–H and O–H groups in total. The average Bonchev–Trinajstić information content (AvgIpc) is 3.00. The molecule has 1 aliphatic heterocycles. The Morgan fingerprint density at radius 2 is 2.12 bits per heavy atom. The van der Waals surface area contributed by atoms with Gasteiger partial charge in [0.1, 0.15) is 0 Å². The minimum absolute atomic E-state index is 0. The van der Waals surface area contributed by atoms with Crippen molar-refractivity contribution in [3.63, 3.8) is 0 Å². The quantitative estimate of drug-likeness (QED) is 0.300. The maximum Gasteiger partial charge on any atom is 0.225 e. The number of halogens is 1. The number of likely N-dealkylation sites (N-methyl/N-ethyl adjacent to an activating group) is 1. The van der Waals surface area contributed by atoms with Crippen LogP contribution in [0.1, 0.15) is 27.2 Å². The number of nitrogens with one attached hydrogen (secondary N) is 2. The standard InChI is InChI=1S/C17H35N5O2.HI/c1-6-18-17(19-8-10-21(4)11-12-24-5)20-15-7-9-22(13-15)16(23)14(2)3;/h14-15H,6-13H2,1-5H3,(H2,18,19,20);1H. The van der Waals surface area contributed by atoms with E-state index in [2.05, 4.69) is 34.5 Å². The van der Waals surface area contributed by atoms with E-state index in [1.165, 1.54) is 0 Å². The molecule has 1 aliphatic rings. The van der Waals surface area contributed by atoms with E-state index < -0.39 is 0 Å². The van der Waals surface area contributed by atoms with Crippen molar-refractivity contribution in [1.82, 2.24) is 20.4 Å². The molecule has 1 saturated heterocycles. The number of guanidine groups is 1. The third-order valence-electron chi connectivity index (χ3n) is 4.11. The fraction of sp³-hybridized carbons (Fsp3) is 0.882. The van der Waals surface area contributed by atoms with E-state index in [4.69, 9.17) is 4.74 Å². The molecule has 1 heterocycles. The number of nitrogens with zero attached hydrogens (tertiary/aromatic N) is 3. The molecule has 0 aromatic rings. The Bertz CT molecular complexity index is 406. The van der Waals surface area contributed by atoms with E-state index in [1.807, 2.05) is 18.7 Å². The molecule has 1 fully saturated rings. The van der Waals surface area contributed by atoms with Gasteiger partial charge in [-0.3, -0.25) is 9.79 Å². The van der Waals surface area contributed by atoms with Crippen LogP contribution >= 0.6 is 24.0 Å². The van der Waals surface area contributed by atoms with E-state index >= 15 is 0 Å². The van der Waals surface area contributed by atoms with Crippen molar-refractivity contribution in [3.05, 3.63) is 0 Å². The minimum Gasteiger partial charge on any atom is -0.383 e. The fourth-order valence-electron chi connectivity index (χ4n) is 2.65. The van der Waals surface area contributed by atoms with Gasteiger partial charge < -0.3 is 25.2 Å². The predicted octanol–water partition coefficient (Wildman–Crippen LogP) is 0.995. The summed E-state index contributed by atoms with van der Waals surface area (Å²) in [5.74, 6) is 1.13. The van der Waals surface area contributed by atoms with Crippen LogP contribution in [0.15, 0.2) is 4.99 Å². The van der Waals surface area contributed by atoms with Crippen LogP contribution in [0.3, 0.4) is 0 Å². The summed E-state index contributed by atoms with van der Waals surface area (Å²) >= 11 is 0. The number of carbonyl (C=O) groups is 1. The van der Waals surface area contributed by atoms with Gasteiger partial charge in [0.2, 0.25) is 5.91 Å². The third-order valence-corrected chi connectivity index (χ3v) is 4.11. The van der Waals surface area contributed by atoms with Gasteiger partial charge in [0.05, 0.1) is 13.2 Å². The number of aliphatic imine (C=N–C) groups is 1. The van der Waals surface area contributed by atoms with Crippen LogP contribution in [-0.4, -0.2) is 87.7 Å². The van der Waals surface area contributed by atoms with Gasteiger partial charge in [0.25, 0.3) is 0 Å². The van der Waals surface area contributed by atoms with Crippen molar-refractivity contribution in [1.29, 1.82) is 0 Å². The van der Waals surface area contributed by atoms with Gasteiger partial charge in [-0.25, -0.2) is 0 Å². The largest absolute Gasteiger partial charge is 0.383 e. The van der Waals surface area contributed by atoms with Crippen molar-refractivity contribution in [3.8, 4) is 0 Å². The second kappa shape index (κ2) is 13.6. The average molecular weight is 469 g/mol. The van der Waals surface area contributed by atoms with Crippen molar-refractivity contribution in [2.24, 2.45) is 10.9 Å². The molecule has 0 saturated carbocycles. The summed E-state index contributed by atoms with van der Waals surface area (Å²) in [4.78, 5) is 20.9. The smallest absolute Gasteiger partial charge is 0.225 e. The molecule has 8 heteroatoms. The van der Waals surface area contributed by atoms with Crippen molar-refractivity contribution in [2.45, 2.75) is 33.2 Å². The Hall–Kier alpha value is -0.610. The van der Waals surface area contributed by atoms with Crippen LogP contribution in [0.4, 0.5) is 0 Å². The Balaban J connectivity index is 0.00000576. The molecule has 0 aliphatic carbocycles. The number of methoxy groups -OCH3 is 1. The molecule has 0 aromatic carbocycles.